The quantitative estimate of drug-likeness (QED) is 0.688. The summed E-state index contributed by atoms with van der Waals surface area (Å²) in [5, 5.41) is 7.24. The lowest BCUT2D eigenvalue weighted by molar-refractivity contribution is -0.141. The van der Waals surface area contributed by atoms with Gasteiger partial charge in [-0.15, -0.1) is 0 Å². The third kappa shape index (κ3) is 5.83. The molecule has 31 heavy (non-hydrogen) atoms. The molecule has 172 valence electrons. The van der Waals surface area contributed by atoms with Gasteiger partial charge < -0.3 is 19.6 Å². The van der Waals surface area contributed by atoms with Gasteiger partial charge in [0.15, 0.2) is 5.82 Å². The topological polar surface area (TPSA) is 109 Å². The smallest absolute Gasteiger partial charge is 0.227 e. The maximum atomic E-state index is 12.6. The van der Waals surface area contributed by atoms with Crippen LogP contribution in [0.5, 0.6) is 0 Å². The Hall–Kier alpha value is -2.45. The van der Waals surface area contributed by atoms with Gasteiger partial charge in [0.05, 0.1) is 0 Å². The number of aromatic nitrogens is 2. The first kappa shape index (κ1) is 23.2. The molecule has 2 fully saturated rings. The summed E-state index contributed by atoms with van der Waals surface area (Å²) < 4.78 is 5.44. The van der Waals surface area contributed by atoms with Crippen LogP contribution in [-0.2, 0) is 26.3 Å². The number of carbonyl (C=O) groups is 3. The van der Waals surface area contributed by atoms with Gasteiger partial charge in [-0.3, -0.25) is 14.4 Å². The van der Waals surface area contributed by atoms with Crippen molar-refractivity contribution >= 4 is 17.7 Å². The first-order chi connectivity index (χ1) is 14.8. The molecule has 9 heteroatoms. The van der Waals surface area contributed by atoms with E-state index in [1.54, 1.807) is 4.90 Å². The van der Waals surface area contributed by atoms with E-state index in [1.807, 2.05) is 18.7 Å². The number of amides is 3. The van der Waals surface area contributed by atoms with Gasteiger partial charge in [-0.1, -0.05) is 44.7 Å². The van der Waals surface area contributed by atoms with Crippen molar-refractivity contribution in [1.82, 2.24) is 25.3 Å². The minimum Gasteiger partial charge on any atom is -0.343 e. The van der Waals surface area contributed by atoms with Crippen molar-refractivity contribution in [3.63, 3.8) is 0 Å². The third-order valence-electron chi connectivity index (χ3n) is 6.26. The van der Waals surface area contributed by atoms with E-state index in [-0.39, 0.29) is 30.1 Å². The fourth-order valence-corrected chi connectivity index (χ4v) is 4.54. The second kappa shape index (κ2) is 10.2. The lowest BCUT2D eigenvalue weighted by atomic mass is 9.89. The van der Waals surface area contributed by atoms with Crippen molar-refractivity contribution in [2.24, 2.45) is 5.92 Å². The van der Waals surface area contributed by atoms with Gasteiger partial charge in [0.1, 0.15) is 5.54 Å². The summed E-state index contributed by atoms with van der Waals surface area (Å²) in [5.74, 6) is 0.986. The minimum absolute atomic E-state index is 0.0248. The highest BCUT2D eigenvalue weighted by Gasteiger charge is 2.38. The fraction of sp³-hybridized carbons (Fsp3) is 0.773. The Morgan fingerprint density at radius 2 is 1.65 bits per heavy atom. The van der Waals surface area contributed by atoms with Gasteiger partial charge >= 0.3 is 0 Å². The largest absolute Gasteiger partial charge is 0.343 e. The highest BCUT2D eigenvalue weighted by Crippen LogP contribution is 2.34. The van der Waals surface area contributed by atoms with Crippen LogP contribution in [0.4, 0.5) is 0 Å². The molecule has 1 N–H and O–H groups in total. The summed E-state index contributed by atoms with van der Waals surface area (Å²) >= 11 is 0. The molecule has 0 spiro atoms. The number of carbonyl (C=O) groups excluding carboxylic acids is 3. The molecule has 1 aliphatic heterocycles. The Kier molecular flexibility index (Phi) is 7.67. The summed E-state index contributed by atoms with van der Waals surface area (Å²) in [6.45, 7) is 7.56. The van der Waals surface area contributed by atoms with E-state index in [9.17, 15) is 14.4 Å². The first-order valence-electron chi connectivity index (χ1n) is 11.5. The summed E-state index contributed by atoms with van der Waals surface area (Å²) in [4.78, 5) is 44.7. The average Bonchev–Trinajstić information content (AvgIpc) is 3.11. The number of piperazine rings is 1. The molecule has 2 aliphatic rings. The van der Waals surface area contributed by atoms with Crippen molar-refractivity contribution in [3.05, 3.63) is 11.7 Å². The zero-order valence-electron chi connectivity index (χ0n) is 19.0. The van der Waals surface area contributed by atoms with Gasteiger partial charge in [-0.25, -0.2) is 0 Å². The van der Waals surface area contributed by atoms with Crippen LogP contribution in [-0.4, -0.2) is 63.8 Å². The number of hydrogen-bond acceptors (Lipinski definition) is 6. The van der Waals surface area contributed by atoms with Crippen LogP contribution in [0.15, 0.2) is 4.52 Å². The molecule has 0 atom stereocenters. The monoisotopic (exact) mass is 433 g/mol. The molecule has 3 amide bonds. The Labute approximate surface area is 183 Å². The summed E-state index contributed by atoms with van der Waals surface area (Å²) in [7, 11) is 0. The molecule has 0 bridgehead atoms. The molecule has 0 aromatic carbocycles. The Morgan fingerprint density at radius 3 is 2.23 bits per heavy atom. The number of nitrogens with zero attached hydrogens (tertiary/aromatic N) is 4. The van der Waals surface area contributed by atoms with Crippen LogP contribution in [0.1, 0.15) is 77.4 Å². The fourth-order valence-electron chi connectivity index (χ4n) is 4.54. The van der Waals surface area contributed by atoms with Crippen LogP contribution in [0.2, 0.25) is 0 Å². The minimum atomic E-state index is -0.576. The molecule has 1 aliphatic carbocycles. The maximum Gasteiger partial charge on any atom is 0.227 e. The number of rotatable bonds is 6. The van der Waals surface area contributed by atoms with Gasteiger partial charge in [-0.2, -0.15) is 4.98 Å². The molecule has 1 saturated carbocycles. The number of aryl methyl sites for hydroxylation is 1. The Bertz CT molecular complexity index is 775. The lowest BCUT2D eigenvalue weighted by Gasteiger charge is -2.35. The molecular weight excluding hydrogens is 398 g/mol. The van der Waals surface area contributed by atoms with E-state index in [4.69, 9.17) is 4.52 Å². The van der Waals surface area contributed by atoms with Crippen LogP contribution >= 0.6 is 0 Å². The molecule has 2 heterocycles. The normalized spacial score (nSPS) is 19.2. The lowest BCUT2D eigenvalue weighted by Crippen LogP contribution is -2.51. The van der Waals surface area contributed by atoms with Crippen molar-refractivity contribution in [1.29, 1.82) is 0 Å². The zero-order chi connectivity index (χ0) is 22.4. The zero-order valence-corrected chi connectivity index (χ0v) is 19.0. The summed E-state index contributed by atoms with van der Waals surface area (Å²) in [6.07, 6.45) is 6.53. The molecule has 0 unspecified atom stereocenters. The summed E-state index contributed by atoms with van der Waals surface area (Å²) in [6, 6.07) is 0. The van der Waals surface area contributed by atoms with E-state index >= 15 is 0 Å². The standard InChI is InChI=1S/C22H35N5O4/c1-16(2)20(30)27-14-12-26(13-15-27)19(29)9-8-18-23-21(25-31-18)22(24-17(3)28)10-6-4-5-7-11-22/h16H,4-15H2,1-3H3,(H,24,28). The Morgan fingerprint density at radius 1 is 1.03 bits per heavy atom. The van der Waals surface area contributed by atoms with Crippen molar-refractivity contribution in [3.8, 4) is 0 Å². The highest BCUT2D eigenvalue weighted by molar-refractivity contribution is 5.79. The number of hydrogen-bond donors (Lipinski definition) is 1. The number of nitrogens with one attached hydrogen (secondary N) is 1. The van der Waals surface area contributed by atoms with E-state index in [1.165, 1.54) is 6.92 Å². The van der Waals surface area contributed by atoms with Crippen molar-refractivity contribution in [2.75, 3.05) is 26.2 Å². The SMILES string of the molecule is CC(=O)NC1(c2noc(CCC(=O)N3CCN(C(=O)C(C)C)CC3)n2)CCCCCC1. The summed E-state index contributed by atoms with van der Waals surface area (Å²) in [5.41, 5.74) is -0.576. The predicted molar refractivity (Wildman–Crippen MR) is 114 cm³/mol. The van der Waals surface area contributed by atoms with E-state index in [0.717, 1.165) is 38.5 Å². The van der Waals surface area contributed by atoms with Crippen molar-refractivity contribution in [2.45, 2.75) is 77.7 Å². The molecular formula is C22H35N5O4. The van der Waals surface area contributed by atoms with Crippen LogP contribution in [0.25, 0.3) is 0 Å². The molecule has 9 nitrogen and oxygen atoms in total. The van der Waals surface area contributed by atoms with Gasteiger partial charge in [-0.05, 0) is 12.8 Å². The Balaban J connectivity index is 1.55. The second-order valence-corrected chi connectivity index (χ2v) is 9.05. The van der Waals surface area contributed by atoms with Crippen LogP contribution in [0, 0.1) is 5.92 Å². The predicted octanol–water partition coefficient (Wildman–Crippen LogP) is 2.01. The van der Waals surface area contributed by atoms with Gasteiger partial charge in [0.2, 0.25) is 23.6 Å². The third-order valence-corrected chi connectivity index (χ3v) is 6.26. The molecule has 1 saturated heterocycles. The molecule has 0 radical (unpaired) electrons. The highest BCUT2D eigenvalue weighted by atomic mass is 16.5. The average molecular weight is 434 g/mol. The molecule has 1 aromatic rings. The van der Waals surface area contributed by atoms with Gasteiger partial charge in [0.25, 0.3) is 0 Å². The van der Waals surface area contributed by atoms with E-state index < -0.39 is 5.54 Å². The van der Waals surface area contributed by atoms with E-state index in [0.29, 0.717) is 44.3 Å². The maximum absolute atomic E-state index is 12.6. The second-order valence-electron chi connectivity index (χ2n) is 9.05. The molecule has 1 aromatic heterocycles. The van der Waals surface area contributed by atoms with Gasteiger partial charge in [0, 0.05) is 51.9 Å². The van der Waals surface area contributed by atoms with E-state index in [2.05, 4.69) is 15.5 Å². The molecule has 3 rings (SSSR count). The van der Waals surface area contributed by atoms with Crippen LogP contribution in [0.3, 0.4) is 0 Å². The first-order valence-corrected chi connectivity index (χ1v) is 11.5. The van der Waals surface area contributed by atoms with Crippen molar-refractivity contribution < 1.29 is 18.9 Å². The van der Waals surface area contributed by atoms with Crippen LogP contribution < -0.4 is 5.32 Å².